The van der Waals surface area contributed by atoms with Gasteiger partial charge in [0.15, 0.2) is 0 Å². The molecule has 0 amide bonds. The van der Waals surface area contributed by atoms with E-state index in [1.807, 2.05) is 0 Å². The second-order valence-corrected chi connectivity index (χ2v) is 5.30. The second-order valence-electron chi connectivity index (χ2n) is 5.30. The maximum atomic E-state index is 5.76. The van der Waals surface area contributed by atoms with Gasteiger partial charge in [0.05, 0.1) is 0 Å². The summed E-state index contributed by atoms with van der Waals surface area (Å²) < 4.78 is 17.3. The van der Waals surface area contributed by atoms with Crippen molar-refractivity contribution in [2.45, 2.75) is 38.5 Å². The van der Waals surface area contributed by atoms with Gasteiger partial charge in [-0.1, -0.05) is 0 Å². The normalized spacial score (nSPS) is 33.9. The molecule has 0 aromatic carbocycles. The largest absolute Gasteiger partial charge is 0.381 e. The predicted molar refractivity (Wildman–Crippen MR) is 67.1 cm³/mol. The van der Waals surface area contributed by atoms with Crippen LogP contribution in [0.5, 0.6) is 0 Å². The molecule has 3 fully saturated rings. The Balaban J connectivity index is 1.90. The summed E-state index contributed by atoms with van der Waals surface area (Å²) in [6, 6.07) is 0. The Morgan fingerprint density at radius 1 is 0.412 bits per heavy atom. The zero-order chi connectivity index (χ0) is 11.8. The molecule has 17 heavy (non-hydrogen) atoms. The first kappa shape index (κ1) is 13.3. The van der Waals surface area contributed by atoms with E-state index in [2.05, 4.69) is 0 Å². The van der Waals surface area contributed by atoms with E-state index in [9.17, 15) is 0 Å². The van der Waals surface area contributed by atoms with Crippen LogP contribution in [0.1, 0.15) is 38.5 Å². The first-order chi connectivity index (χ1) is 8.45. The lowest BCUT2D eigenvalue weighted by molar-refractivity contribution is 0.0339. The van der Waals surface area contributed by atoms with Crippen LogP contribution < -0.4 is 0 Å². The van der Waals surface area contributed by atoms with Crippen LogP contribution in [0.15, 0.2) is 0 Å². The summed E-state index contributed by atoms with van der Waals surface area (Å²) in [6.45, 7) is 5.48. The molecule has 100 valence electrons. The molecular formula is C14H26O3. The summed E-state index contributed by atoms with van der Waals surface area (Å²) in [7, 11) is 0. The van der Waals surface area contributed by atoms with Gasteiger partial charge in [0.1, 0.15) is 0 Å². The van der Waals surface area contributed by atoms with Crippen LogP contribution in [0.4, 0.5) is 0 Å². The average Bonchev–Trinajstić information content (AvgIpc) is 2.29. The molecule has 0 saturated carbocycles. The molecule has 0 N–H and O–H groups in total. The smallest absolute Gasteiger partial charge is 0.0468 e. The lowest BCUT2D eigenvalue weighted by Gasteiger charge is -2.23. The molecule has 3 saturated heterocycles. The minimum atomic E-state index is 0.713. The molecule has 2 bridgehead atoms. The topological polar surface area (TPSA) is 27.7 Å². The summed E-state index contributed by atoms with van der Waals surface area (Å²) in [4.78, 5) is 0. The van der Waals surface area contributed by atoms with E-state index in [-0.39, 0.29) is 0 Å². The molecular weight excluding hydrogens is 216 g/mol. The highest BCUT2D eigenvalue weighted by molar-refractivity contribution is 4.64. The van der Waals surface area contributed by atoms with Crippen molar-refractivity contribution in [2.75, 3.05) is 39.6 Å². The molecule has 0 aromatic rings. The summed E-state index contributed by atoms with van der Waals surface area (Å²) in [5.74, 6) is 1.43. The van der Waals surface area contributed by atoms with Gasteiger partial charge >= 0.3 is 0 Å². The molecule has 0 aromatic heterocycles. The van der Waals surface area contributed by atoms with Crippen LogP contribution in [0.25, 0.3) is 0 Å². The van der Waals surface area contributed by atoms with Crippen molar-refractivity contribution in [1.82, 2.24) is 0 Å². The Bertz CT molecular complexity index is 145. The average molecular weight is 242 g/mol. The fourth-order valence-corrected chi connectivity index (χ4v) is 2.67. The van der Waals surface area contributed by atoms with Gasteiger partial charge in [0.2, 0.25) is 0 Å². The van der Waals surface area contributed by atoms with Crippen molar-refractivity contribution in [3.8, 4) is 0 Å². The standard InChI is InChI=1S/C14H26O3/c1-7-15-10-4-14-5-11-16-8-2-13(1)3-9-17-12-6-14/h13-14H,1-12H2. The van der Waals surface area contributed by atoms with E-state index in [0.717, 1.165) is 78.2 Å². The zero-order valence-electron chi connectivity index (χ0n) is 10.9. The molecule has 3 heteroatoms. The lowest BCUT2D eigenvalue weighted by atomic mass is 9.96. The highest BCUT2D eigenvalue weighted by Crippen LogP contribution is 2.20. The first-order valence-electron chi connectivity index (χ1n) is 7.18. The summed E-state index contributed by atoms with van der Waals surface area (Å²) in [5.41, 5.74) is 0. The predicted octanol–water partition coefficient (Wildman–Crippen LogP) is 2.64. The molecule has 3 aliphatic rings. The minimum Gasteiger partial charge on any atom is -0.381 e. The zero-order valence-corrected chi connectivity index (χ0v) is 10.9. The molecule has 3 rings (SSSR count). The fourth-order valence-electron chi connectivity index (χ4n) is 2.67. The maximum Gasteiger partial charge on any atom is 0.0468 e. The molecule has 0 radical (unpaired) electrons. The van der Waals surface area contributed by atoms with Crippen molar-refractivity contribution in [3.63, 3.8) is 0 Å². The summed E-state index contributed by atoms with van der Waals surface area (Å²) in [6.07, 6.45) is 6.98. The van der Waals surface area contributed by atoms with E-state index in [0.29, 0.717) is 11.8 Å². The SMILES string of the molecule is C1CC2CCOCCC(CCO1)CCOCC2. The van der Waals surface area contributed by atoms with Gasteiger partial charge < -0.3 is 14.2 Å². The van der Waals surface area contributed by atoms with Crippen LogP contribution in [0, 0.1) is 11.8 Å². The third-order valence-electron chi connectivity index (χ3n) is 4.02. The van der Waals surface area contributed by atoms with Crippen LogP contribution in [-0.4, -0.2) is 39.6 Å². The number of hydrogen-bond acceptors (Lipinski definition) is 3. The summed E-state index contributed by atoms with van der Waals surface area (Å²) >= 11 is 0. The molecule has 3 heterocycles. The monoisotopic (exact) mass is 242 g/mol. The third-order valence-corrected chi connectivity index (χ3v) is 4.02. The molecule has 0 aliphatic carbocycles. The second kappa shape index (κ2) is 8.06. The van der Waals surface area contributed by atoms with E-state index in [1.165, 1.54) is 0 Å². The molecule has 0 unspecified atom stereocenters. The van der Waals surface area contributed by atoms with Crippen molar-refractivity contribution >= 4 is 0 Å². The fraction of sp³-hybridized carbons (Fsp3) is 1.00. The third kappa shape index (κ3) is 5.36. The van der Waals surface area contributed by atoms with E-state index >= 15 is 0 Å². The Hall–Kier alpha value is -0.120. The number of fused-ring (bicyclic) bond motifs is 12. The minimum absolute atomic E-state index is 0.713. The number of ether oxygens (including phenoxy) is 3. The van der Waals surface area contributed by atoms with Gasteiger partial charge in [-0.15, -0.1) is 0 Å². The van der Waals surface area contributed by atoms with Crippen LogP contribution in [0.2, 0.25) is 0 Å². The Kier molecular flexibility index (Phi) is 6.32. The Morgan fingerprint density at radius 2 is 0.647 bits per heavy atom. The van der Waals surface area contributed by atoms with Crippen LogP contribution in [0.3, 0.4) is 0 Å². The van der Waals surface area contributed by atoms with Gasteiger partial charge in [-0.25, -0.2) is 0 Å². The van der Waals surface area contributed by atoms with Gasteiger partial charge in [-0.3, -0.25) is 0 Å². The maximum absolute atomic E-state index is 5.76. The molecule has 0 atom stereocenters. The molecule has 3 aliphatic heterocycles. The van der Waals surface area contributed by atoms with Gasteiger partial charge in [-0.2, -0.15) is 0 Å². The Morgan fingerprint density at radius 3 is 0.882 bits per heavy atom. The van der Waals surface area contributed by atoms with Crippen molar-refractivity contribution < 1.29 is 14.2 Å². The molecule has 3 nitrogen and oxygen atoms in total. The first-order valence-corrected chi connectivity index (χ1v) is 7.18. The van der Waals surface area contributed by atoms with E-state index in [1.54, 1.807) is 0 Å². The van der Waals surface area contributed by atoms with Gasteiger partial charge in [0, 0.05) is 39.6 Å². The molecule has 0 spiro atoms. The highest BCUT2D eigenvalue weighted by Gasteiger charge is 2.15. The van der Waals surface area contributed by atoms with Crippen molar-refractivity contribution in [2.24, 2.45) is 11.8 Å². The van der Waals surface area contributed by atoms with Crippen molar-refractivity contribution in [3.05, 3.63) is 0 Å². The van der Waals surface area contributed by atoms with Crippen molar-refractivity contribution in [1.29, 1.82) is 0 Å². The van der Waals surface area contributed by atoms with E-state index < -0.39 is 0 Å². The van der Waals surface area contributed by atoms with Gasteiger partial charge in [-0.05, 0) is 50.4 Å². The highest BCUT2D eigenvalue weighted by atomic mass is 16.5. The Labute approximate surface area is 105 Å². The summed E-state index contributed by atoms with van der Waals surface area (Å²) in [5, 5.41) is 0. The number of rotatable bonds is 0. The van der Waals surface area contributed by atoms with Gasteiger partial charge in [0.25, 0.3) is 0 Å². The quantitative estimate of drug-likeness (QED) is 0.653. The van der Waals surface area contributed by atoms with Crippen LogP contribution >= 0.6 is 0 Å². The number of hydrogen-bond donors (Lipinski definition) is 0. The van der Waals surface area contributed by atoms with E-state index in [4.69, 9.17) is 14.2 Å². The van der Waals surface area contributed by atoms with Crippen LogP contribution in [-0.2, 0) is 14.2 Å². The lowest BCUT2D eigenvalue weighted by Crippen LogP contribution is -2.19.